The molecule has 5 nitrogen and oxygen atoms in total. The summed E-state index contributed by atoms with van der Waals surface area (Å²) in [7, 11) is 1.50. The van der Waals surface area contributed by atoms with Crippen LogP contribution in [0.15, 0.2) is 12.1 Å². The summed E-state index contributed by atoms with van der Waals surface area (Å²) in [6.07, 6.45) is 0. The van der Waals surface area contributed by atoms with E-state index in [4.69, 9.17) is 9.47 Å². The van der Waals surface area contributed by atoms with Crippen LogP contribution in [0.4, 0.5) is 0 Å². The molecule has 0 fully saturated rings. The summed E-state index contributed by atoms with van der Waals surface area (Å²) >= 11 is 0. The molecule has 0 saturated carbocycles. The highest BCUT2D eigenvalue weighted by atomic mass is 16.5. The number of rotatable bonds is 2. The molecule has 2 rings (SSSR count). The third kappa shape index (κ3) is 1.77. The maximum Gasteiger partial charge on any atom is 0.338 e. The van der Waals surface area contributed by atoms with Crippen LogP contribution in [-0.4, -0.2) is 36.5 Å². The number of ether oxygens (including phenoxy) is 2. The first-order valence-corrected chi connectivity index (χ1v) is 5.21. The predicted molar refractivity (Wildman–Crippen MR) is 59.0 cm³/mol. The van der Waals surface area contributed by atoms with Gasteiger partial charge in [-0.2, -0.15) is 0 Å². The van der Waals surface area contributed by atoms with Crippen LogP contribution in [0.1, 0.15) is 21.5 Å². The lowest BCUT2D eigenvalue weighted by Crippen LogP contribution is -2.42. The first kappa shape index (κ1) is 11.9. The molecule has 0 saturated heterocycles. The van der Waals surface area contributed by atoms with Gasteiger partial charge in [-0.3, -0.25) is 0 Å². The Hall–Kier alpha value is -1.59. The zero-order valence-corrected chi connectivity index (χ0v) is 9.69. The van der Waals surface area contributed by atoms with Crippen molar-refractivity contribution in [2.24, 2.45) is 0 Å². The fourth-order valence-electron chi connectivity index (χ4n) is 1.93. The van der Waals surface area contributed by atoms with E-state index in [2.05, 4.69) is 0 Å². The minimum atomic E-state index is -1.53. The molecule has 92 valence electrons. The molecule has 0 aromatic heterocycles. The monoisotopic (exact) mass is 238 g/mol. The molecule has 0 spiro atoms. The van der Waals surface area contributed by atoms with E-state index in [0.29, 0.717) is 11.3 Å². The van der Waals surface area contributed by atoms with Crippen LogP contribution in [0, 0.1) is 6.92 Å². The van der Waals surface area contributed by atoms with E-state index < -0.39 is 18.2 Å². The number of cyclic esters (lactones) is 1. The molecule has 17 heavy (non-hydrogen) atoms. The summed E-state index contributed by atoms with van der Waals surface area (Å²) in [5.41, 5.74) is -0.127. The van der Waals surface area contributed by atoms with Gasteiger partial charge in [-0.1, -0.05) is 0 Å². The van der Waals surface area contributed by atoms with Gasteiger partial charge in [0.05, 0.1) is 19.3 Å². The zero-order chi connectivity index (χ0) is 12.6. The van der Waals surface area contributed by atoms with E-state index in [1.807, 2.05) is 0 Å². The van der Waals surface area contributed by atoms with E-state index in [9.17, 15) is 15.0 Å². The molecule has 0 amide bonds. The molecule has 0 aliphatic carbocycles. The molecule has 1 atom stereocenters. The van der Waals surface area contributed by atoms with Gasteiger partial charge in [0.2, 0.25) is 0 Å². The summed E-state index contributed by atoms with van der Waals surface area (Å²) in [6, 6.07) is 3.16. The number of carbonyl (C=O) groups is 1. The van der Waals surface area contributed by atoms with Gasteiger partial charge >= 0.3 is 5.97 Å². The average Bonchev–Trinajstić information content (AvgIpc) is 2.34. The van der Waals surface area contributed by atoms with E-state index in [-0.39, 0.29) is 12.2 Å². The van der Waals surface area contributed by atoms with Crippen molar-refractivity contribution in [3.63, 3.8) is 0 Å². The van der Waals surface area contributed by atoms with Gasteiger partial charge in [0.25, 0.3) is 0 Å². The number of esters is 1. The lowest BCUT2D eigenvalue weighted by molar-refractivity contribution is -0.0769. The zero-order valence-electron chi connectivity index (χ0n) is 9.69. The van der Waals surface area contributed by atoms with Gasteiger partial charge < -0.3 is 19.7 Å². The SMILES string of the molecule is COc1cc2c(cc1C)C(O)(CO)COC2=O. The van der Waals surface area contributed by atoms with Gasteiger partial charge in [0.15, 0.2) is 0 Å². The third-order valence-electron chi connectivity index (χ3n) is 2.96. The standard InChI is InChI=1S/C12H14O5/c1-7-3-9-8(4-10(7)16-2)11(14)17-6-12(9,15)5-13/h3-4,13,15H,5-6H2,1-2H3. The van der Waals surface area contributed by atoms with Crippen molar-refractivity contribution < 1.29 is 24.5 Å². The summed E-state index contributed by atoms with van der Waals surface area (Å²) in [4.78, 5) is 11.6. The van der Waals surface area contributed by atoms with Crippen LogP contribution in [0.25, 0.3) is 0 Å². The second kappa shape index (κ2) is 4.01. The number of carbonyl (C=O) groups excluding carboxylic acids is 1. The number of aliphatic hydroxyl groups is 2. The number of hydrogen-bond acceptors (Lipinski definition) is 5. The molecule has 2 N–H and O–H groups in total. The van der Waals surface area contributed by atoms with Crippen LogP contribution in [0.2, 0.25) is 0 Å². The van der Waals surface area contributed by atoms with Crippen LogP contribution in [-0.2, 0) is 10.3 Å². The summed E-state index contributed by atoms with van der Waals surface area (Å²) in [6.45, 7) is 1.07. The summed E-state index contributed by atoms with van der Waals surface area (Å²) in [5, 5.41) is 19.4. The number of hydrogen-bond donors (Lipinski definition) is 2. The third-order valence-corrected chi connectivity index (χ3v) is 2.96. The molecule has 1 aromatic rings. The van der Waals surface area contributed by atoms with Crippen LogP contribution < -0.4 is 4.74 Å². The number of benzene rings is 1. The quantitative estimate of drug-likeness (QED) is 0.727. The summed E-state index contributed by atoms with van der Waals surface area (Å²) < 4.78 is 9.95. The van der Waals surface area contributed by atoms with Gasteiger partial charge in [0, 0.05) is 5.56 Å². The lowest BCUT2D eigenvalue weighted by atomic mass is 9.87. The Morgan fingerprint density at radius 2 is 2.24 bits per heavy atom. The normalized spacial score (nSPS) is 22.9. The Kier molecular flexibility index (Phi) is 2.81. The highest BCUT2D eigenvalue weighted by Crippen LogP contribution is 2.34. The maximum absolute atomic E-state index is 11.6. The Labute approximate surface area is 98.6 Å². The highest BCUT2D eigenvalue weighted by molar-refractivity contribution is 5.93. The molecule has 0 bridgehead atoms. The van der Waals surface area contributed by atoms with E-state index >= 15 is 0 Å². The van der Waals surface area contributed by atoms with Gasteiger partial charge in [-0.25, -0.2) is 4.79 Å². The average molecular weight is 238 g/mol. The predicted octanol–water partition coefficient (Wildman–Crippen LogP) is 0.354. The second-order valence-corrected chi connectivity index (χ2v) is 4.13. The Morgan fingerprint density at radius 3 is 2.82 bits per heavy atom. The molecular formula is C12H14O5. The van der Waals surface area contributed by atoms with Crippen LogP contribution >= 0.6 is 0 Å². The molecule has 1 aliphatic heterocycles. The first-order chi connectivity index (χ1) is 8.01. The second-order valence-electron chi connectivity index (χ2n) is 4.13. The number of aliphatic hydroxyl groups excluding tert-OH is 1. The Morgan fingerprint density at radius 1 is 1.53 bits per heavy atom. The Balaban J connectivity index is 2.64. The van der Waals surface area contributed by atoms with Gasteiger partial charge in [-0.05, 0) is 24.6 Å². The van der Waals surface area contributed by atoms with Crippen molar-refractivity contribution in [3.05, 3.63) is 28.8 Å². The molecule has 1 aromatic carbocycles. The fraction of sp³-hybridized carbons (Fsp3) is 0.417. The summed E-state index contributed by atoms with van der Waals surface area (Å²) in [5.74, 6) is 0.0271. The number of aryl methyl sites for hydroxylation is 1. The number of fused-ring (bicyclic) bond motifs is 1. The molecule has 1 unspecified atom stereocenters. The largest absolute Gasteiger partial charge is 0.496 e. The smallest absolute Gasteiger partial charge is 0.338 e. The minimum absolute atomic E-state index is 0.232. The molecular weight excluding hydrogens is 224 g/mol. The van der Waals surface area contributed by atoms with E-state index in [1.54, 1.807) is 13.0 Å². The molecule has 1 heterocycles. The fourth-order valence-corrected chi connectivity index (χ4v) is 1.93. The van der Waals surface area contributed by atoms with E-state index in [0.717, 1.165) is 5.56 Å². The van der Waals surface area contributed by atoms with Crippen LogP contribution in [0.5, 0.6) is 5.75 Å². The molecule has 5 heteroatoms. The molecule has 0 radical (unpaired) electrons. The van der Waals surface area contributed by atoms with Crippen molar-refractivity contribution >= 4 is 5.97 Å². The minimum Gasteiger partial charge on any atom is -0.496 e. The number of methoxy groups -OCH3 is 1. The van der Waals surface area contributed by atoms with Crippen molar-refractivity contribution in [1.82, 2.24) is 0 Å². The molecule has 1 aliphatic rings. The highest BCUT2D eigenvalue weighted by Gasteiger charge is 2.39. The maximum atomic E-state index is 11.6. The first-order valence-electron chi connectivity index (χ1n) is 5.21. The Bertz CT molecular complexity index is 468. The topological polar surface area (TPSA) is 76.0 Å². The van der Waals surface area contributed by atoms with Gasteiger partial charge in [0.1, 0.15) is 18.0 Å². The van der Waals surface area contributed by atoms with Crippen molar-refractivity contribution in [1.29, 1.82) is 0 Å². The van der Waals surface area contributed by atoms with Crippen molar-refractivity contribution in [3.8, 4) is 5.75 Å². The van der Waals surface area contributed by atoms with Crippen molar-refractivity contribution in [2.75, 3.05) is 20.3 Å². The lowest BCUT2D eigenvalue weighted by Gasteiger charge is -2.32. The van der Waals surface area contributed by atoms with Crippen molar-refractivity contribution in [2.45, 2.75) is 12.5 Å². The van der Waals surface area contributed by atoms with Crippen LogP contribution in [0.3, 0.4) is 0 Å². The van der Waals surface area contributed by atoms with E-state index in [1.165, 1.54) is 13.2 Å². The van der Waals surface area contributed by atoms with Gasteiger partial charge in [-0.15, -0.1) is 0 Å².